The summed E-state index contributed by atoms with van der Waals surface area (Å²) in [6.45, 7) is 0.562. The molecule has 160 valence electrons. The number of para-hydroxylation sites is 1. The summed E-state index contributed by atoms with van der Waals surface area (Å²) in [5.74, 6) is -1.13. The zero-order valence-corrected chi connectivity index (χ0v) is 16.1. The molecule has 9 heteroatoms. The van der Waals surface area contributed by atoms with Gasteiger partial charge < -0.3 is 15.8 Å². The maximum absolute atomic E-state index is 12.5. The van der Waals surface area contributed by atoms with Crippen LogP contribution in [0.2, 0.25) is 0 Å². The number of halogens is 3. The van der Waals surface area contributed by atoms with Gasteiger partial charge in [-0.2, -0.15) is 0 Å². The van der Waals surface area contributed by atoms with E-state index >= 15 is 0 Å². The average Bonchev–Trinajstić information content (AvgIpc) is 3.51. The standard InChI is InChI=1S/C21H22F3N3O3/c22-21(23,24)30-18-4-2-1-3-16(18)11-26-19(28)13-27(17-9-10-17)12-14-5-7-15(8-6-14)20(25)29/h1-8,17H,9-13H2,(H2,25,29)(H,26,28). The van der Waals surface area contributed by atoms with E-state index in [4.69, 9.17) is 5.73 Å². The molecule has 0 aliphatic heterocycles. The monoisotopic (exact) mass is 421 g/mol. The Kier molecular flexibility index (Phi) is 6.61. The van der Waals surface area contributed by atoms with Crippen LogP contribution in [0, 0.1) is 0 Å². The molecule has 1 aliphatic rings. The molecule has 0 atom stereocenters. The summed E-state index contributed by atoms with van der Waals surface area (Å²) < 4.78 is 41.6. The largest absolute Gasteiger partial charge is 0.573 e. The molecule has 1 fully saturated rings. The minimum absolute atomic E-state index is 0.0725. The van der Waals surface area contributed by atoms with Crippen LogP contribution in [0.1, 0.15) is 34.3 Å². The predicted molar refractivity (Wildman–Crippen MR) is 103 cm³/mol. The minimum atomic E-state index is -4.80. The molecular weight excluding hydrogens is 399 g/mol. The smallest absolute Gasteiger partial charge is 0.405 e. The lowest BCUT2D eigenvalue weighted by molar-refractivity contribution is -0.274. The SMILES string of the molecule is NC(=O)c1ccc(CN(CC(=O)NCc2ccccc2OC(F)(F)F)C2CC2)cc1. The number of nitrogens with two attached hydrogens (primary N) is 1. The van der Waals surface area contributed by atoms with Gasteiger partial charge in [-0.3, -0.25) is 14.5 Å². The van der Waals surface area contributed by atoms with Crippen molar-refractivity contribution in [3.8, 4) is 5.75 Å². The van der Waals surface area contributed by atoms with Gasteiger partial charge in [0, 0.05) is 30.3 Å². The van der Waals surface area contributed by atoms with Gasteiger partial charge in [0.05, 0.1) is 6.54 Å². The molecule has 2 aromatic carbocycles. The van der Waals surface area contributed by atoms with E-state index in [2.05, 4.69) is 10.1 Å². The Morgan fingerprint density at radius 3 is 2.37 bits per heavy atom. The summed E-state index contributed by atoms with van der Waals surface area (Å²) >= 11 is 0. The van der Waals surface area contributed by atoms with E-state index in [0.29, 0.717) is 12.1 Å². The number of carbonyl (C=O) groups is 2. The Morgan fingerprint density at radius 1 is 1.10 bits per heavy atom. The van der Waals surface area contributed by atoms with E-state index in [0.717, 1.165) is 18.4 Å². The van der Waals surface area contributed by atoms with Crippen LogP contribution in [-0.2, 0) is 17.9 Å². The molecule has 2 aromatic rings. The summed E-state index contributed by atoms with van der Waals surface area (Å²) in [6, 6.07) is 12.8. The molecule has 2 amide bonds. The van der Waals surface area contributed by atoms with Gasteiger partial charge in [-0.05, 0) is 36.6 Å². The van der Waals surface area contributed by atoms with Crippen LogP contribution < -0.4 is 15.8 Å². The summed E-state index contributed by atoms with van der Waals surface area (Å²) in [4.78, 5) is 25.6. The van der Waals surface area contributed by atoms with Gasteiger partial charge in [-0.25, -0.2) is 0 Å². The molecular formula is C21H22F3N3O3. The van der Waals surface area contributed by atoms with Crippen LogP contribution in [0.3, 0.4) is 0 Å². The summed E-state index contributed by atoms with van der Waals surface area (Å²) in [5, 5.41) is 2.66. The van der Waals surface area contributed by atoms with Crippen molar-refractivity contribution in [1.82, 2.24) is 10.2 Å². The topological polar surface area (TPSA) is 84.7 Å². The maximum Gasteiger partial charge on any atom is 0.573 e. The van der Waals surface area contributed by atoms with Gasteiger partial charge in [0.1, 0.15) is 5.75 Å². The number of hydrogen-bond donors (Lipinski definition) is 2. The first-order valence-corrected chi connectivity index (χ1v) is 9.44. The molecule has 3 rings (SSSR count). The third-order valence-electron chi connectivity index (χ3n) is 4.71. The molecule has 1 saturated carbocycles. The number of benzene rings is 2. The van der Waals surface area contributed by atoms with E-state index in [-0.39, 0.29) is 36.4 Å². The number of rotatable bonds is 9. The average molecular weight is 421 g/mol. The second-order valence-electron chi connectivity index (χ2n) is 7.13. The fraction of sp³-hybridized carbons (Fsp3) is 0.333. The molecule has 1 aliphatic carbocycles. The second-order valence-corrected chi connectivity index (χ2v) is 7.13. The molecule has 0 unspecified atom stereocenters. The zero-order valence-electron chi connectivity index (χ0n) is 16.1. The van der Waals surface area contributed by atoms with Crippen LogP contribution in [0.5, 0.6) is 5.75 Å². The molecule has 0 bridgehead atoms. The lowest BCUT2D eigenvalue weighted by atomic mass is 10.1. The summed E-state index contributed by atoms with van der Waals surface area (Å²) in [6.07, 6.45) is -2.84. The minimum Gasteiger partial charge on any atom is -0.405 e. The van der Waals surface area contributed by atoms with Crippen molar-refractivity contribution < 1.29 is 27.5 Å². The molecule has 6 nitrogen and oxygen atoms in total. The highest BCUT2D eigenvalue weighted by atomic mass is 19.4. The van der Waals surface area contributed by atoms with Crippen molar-refractivity contribution in [2.75, 3.05) is 6.54 Å². The molecule has 0 aromatic heterocycles. The van der Waals surface area contributed by atoms with E-state index in [1.165, 1.54) is 18.2 Å². The molecule has 30 heavy (non-hydrogen) atoms. The Hall–Kier alpha value is -3.07. The number of ether oxygens (including phenoxy) is 1. The van der Waals surface area contributed by atoms with E-state index in [1.807, 2.05) is 4.90 Å². The first-order chi connectivity index (χ1) is 14.2. The van der Waals surface area contributed by atoms with Crippen molar-refractivity contribution in [3.63, 3.8) is 0 Å². The molecule has 0 saturated heterocycles. The molecule has 3 N–H and O–H groups in total. The third kappa shape index (κ3) is 6.48. The van der Waals surface area contributed by atoms with E-state index in [1.54, 1.807) is 30.3 Å². The van der Waals surface area contributed by atoms with Crippen LogP contribution in [0.25, 0.3) is 0 Å². The highest BCUT2D eigenvalue weighted by Gasteiger charge is 2.32. The highest BCUT2D eigenvalue weighted by Crippen LogP contribution is 2.28. The Morgan fingerprint density at radius 2 is 1.77 bits per heavy atom. The predicted octanol–water partition coefficient (Wildman–Crippen LogP) is 2.96. The van der Waals surface area contributed by atoms with Crippen LogP contribution in [0.4, 0.5) is 13.2 Å². The number of carbonyl (C=O) groups excluding carboxylic acids is 2. The van der Waals surface area contributed by atoms with Crippen molar-refractivity contribution in [2.24, 2.45) is 5.73 Å². The maximum atomic E-state index is 12.5. The quantitative estimate of drug-likeness (QED) is 0.652. The highest BCUT2D eigenvalue weighted by molar-refractivity contribution is 5.92. The molecule has 0 radical (unpaired) electrons. The molecule has 0 heterocycles. The Bertz CT molecular complexity index is 896. The van der Waals surface area contributed by atoms with Gasteiger partial charge in [0.2, 0.25) is 11.8 Å². The van der Waals surface area contributed by atoms with Gasteiger partial charge in [0.25, 0.3) is 0 Å². The van der Waals surface area contributed by atoms with Crippen molar-refractivity contribution in [1.29, 1.82) is 0 Å². The van der Waals surface area contributed by atoms with E-state index in [9.17, 15) is 22.8 Å². The number of primary amides is 1. The number of alkyl halides is 3. The Balaban J connectivity index is 1.57. The van der Waals surface area contributed by atoms with E-state index < -0.39 is 12.3 Å². The summed E-state index contributed by atoms with van der Waals surface area (Å²) in [7, 11) is 0. The Labute approximate surface area is 171 Å². The fourth-order valence-electron chi connectivity index (χ4n) is 3.07. The van der Waals surface area contributed by atoms with Gasteiger partial charge in [-0.1, -0.05) is 30.3 Å². The van der Waals surface area contributed by atoms with Crippen LogP contribution >= 0.6 is 0 Å². The second kappa shape index (κ2) is 9.17. The van der Waals surface area contributed by atoms with Crippen molar-refractivity contribution in [3.05, 3.63) is 65.2 Å². The van der Waals surface area contributed by atoms with Crippen LogP contribution in [0.15, 0.2) is 48.5 Å². The van der Waals surface area contributed by atoms with Gasteiger partial charge >= 0.3 is 6.36 Å². The van der Waals surface area contributed by atoms with Crippen LogP contribution in [-0.4, -0.2) is 35.7 Å². The van der Waals surface area contributed by atoms with Crippen molar-refractivity contribution >= 4 is 11.8 Å². The normalized spacial score (nSPS) is 13.9. The lowest BCUT2D eigenvalue weighted by Gasteiger charge is -2.22. The number of hydrogen-bond acceptors (Lipinski definition) is 4. The number of nitrogens with one attached hydrogen (secondary N) is 1. The van der Waals surface area contributed by atoms with Gasteiger partial charge in [-0.15, -0.1) is 13.2 Å². The zero-order chi connectivity index (χ0) is 21.7. The number of amides is 2. The first-order valence-electron chi connectivity index (χ1n) is 9.44. The van der Waals surface area contributed by atoms with Gasteiger partial charge in [0.15, 0.2) is 0 Å². The van der Waals surface area contributed by atoms with Crippen molar-refractivity contribution in [2.45, 2.75) is 38.3 Å². The summed E-state index contributed by atoms with van der Waals surface area (Å²) in [5.41, 5.74) is 6.83. The fourth-order valence-corrected chi connectivity index (χ4v) is 3.07. The number of nitrogens with zero attached hydrogens (tertiary/aromatic N) is 1. The molecule has 0 spiro atoms. The lowest BCUT2D eigenvalue weighted by Crippen LogP contribution is -2.38. The first kappa shape index (κ1) is 21.6. The third-order valence-corrected chi connectivity index (χ3v) is 4.71.